The van der Waals surface area contributed by atoms with E-state index in [4.69, 9.17) is 10.5 Å². The van der Waals surface area contributed by atoms with E-state index in [1.54, 1.807) is 0 Å². The summed E-state index contributed by atoms with van der Waals surface area (Å²) in [5.74, 6) is 0.780. The lowest BCUT2D eigenvalue weighted by Crippen LogP contribution is -2.35. The van der Waals surface area contributed by atoms with Crippen molar-refractivity contribution in [3.05, 3.63) is 102 Å². The Bertz CT molecular complexity index is 1210. The quantitative estimate of drug-likeness (QED) is 0.170. The van der Waals surface area contributed by atoms with Crippen molar-refractivity contribution in [1.82, 2.24) is 15.4 Å². The molecule has 0 spiro atoms. The molecule has 5 N–H and O–H groups in total. The molecule has 0 unspecified atom stereocenters. The number of benzene rings is 3. The predicted molar refractivity (Wildman–Crippen MR) is 143 cm³/mol. The molecule has 4 rings (SSSR count). The lowest BCUT2D eigenvalue weighted by Gasteiger charge is -2.19. The van der Waals surface area contributed by atoms with Crippen LogP contribution < -0.4 is 26.6 Å². The van der Waals surface area contributed by atoms with Crippen LogP contribution in [0.2, 0.25) is 0 Å². The van der Waals surface area contributed by atoms with Gasteiger partial charge in [0, 0.05) is 5.69 Å². The molecule has 0 bridgehead atoms. The SMILES string of the molecule is CCCCOc1ccc(Nc2ncnc(NNC(=O)C(c3ccccc3)c3ccccc3)c2N)cc1. The molecule has 36 heavy (non-hydrogen) atoms. The van der Waals surface area contributed by atoms with Gasteiger partial charge in [-0.1, -0.05) is 74.0 Å². The fraction of sp³-hybridized carbons (Fsp3) is 0.179. The summed E-state index contributed by atoms with van der Waals surface area (Å²) in [7, 11) is 0. The maximum absolute atomic E-state index is 13.2. The monoisotopic (exact) mass is 482 g/mol. The normalized spacial score (nSPS) is 10.6. The highest BCUT2D eigenvalue weighted by Crippen LogP contribution is 2.28. The van der Waals surface area contributed by atoms with Crippen LogP contribution in [-0.4, -0.2) is 22.5 Å². The molecule has 184 valence electrons. The number of unbranched alkanes of at least 4 members (excludes halogenated alkanes) is 1. The van der Waals surface area contributed by atoms with Crippen LogP contribution in [0, 0.1) is 0 Å². The fourth-order valence-electron chi connectivity index (χ4n) is 3.68. The molecule has 8 heteroatoms. The zero-order valence-electron chi connectivity index (χ0n) is 20.1. The van der Waals surface area contributed by atoms with Gasteiger partial charge in [0.05, 0.1) is 12.5 Å². The van der Waals surface area contributed by atoms with Crippen LogP contribution in [0.25, 0.3) is 0 Å². The molecule has 0 aliphatic carbocycles. The van der Waals surface area contributed by atoms with Crippen LogP contribution in [0.5, 0.6) is 5.75 Å². The van der Waals surface area contributed by atoms with E-state index in [2.05, 4.69) is 33.1 Å². The van der Waals surface area contributed by atoms with Gasteiger partial charge in [0.25, 0.3) is 0 Å². The molecule has 0 saturated heterocycles. The second kappa shape index (κ2) is 12.2. The van der Waals surface area contributed by atoms with Crippen LogP contribution >= 0.6 is 0 Å². The highest BCUT2D eigenvalue weighted by molar-refractivity contribution is 5.89. The Labute approximate surface area is 210 Å². The first-order valence-electron chi connectivity index (χ1n) is 11.9. The summed E-state index contributed by atoms with van der Waals surface area (Å²) in [5, 5.41) is 3.18. The number of hydrogen-bond donors (Lipinski definition) is 4. The Morgan fingerprint density at radius 3 is 2.11 bits per heavy atom. The minimum atomic E-state index is -0.501. The molecule has 8 nitrogen and oxygen atoms in total. The number of carbonyl (C=O) groups is 1. The number of nitrogens with two attached hydrogens (primary N) is 1. The lowest BCUT2D eigenvalue weighted by molar-refractivity contribution is -0.121. The number of nitrogen functional groups attached to an aromatic ring is 1. The third kappa shape index (κ3) is 6.29. The number of amides is 1. The maximum atomic E-state index is 13.2. The van der Waals surface area contributed by atoms with Gasteiger partial charge in [-0.25, -0.2) is 9.97 Å². The first-order valence-corrected chi connectivity index (χ1v) is 11.9. The van der Waals surface area contributed by atoms with Gasteiger partial charge in [-0.2, -0.15) is 0 Å². The van der Waals surface area contributed by atoms with Gasteiger partial charge in [0.2, 0.25) is 5.91 Å². The first-order chi connectivity index (χ1) is 17.7. The Balaban J connectivity index is 1.44. The van der Waals surface area contributed by atoms with Crippen molar-refractivity contribution >= 4 is 28.9 Å². The first kappa shape index (κ1) is 24.5. The minimum absolute atomic E-state index is 0.237. The Kier molecular flexibility index (Phi) is 8.32. The van der Waals surface area contributed by atoms with Crippen LogP contribution in [0.3, 0.4) is 0 Å². The second-order valence-electron chi connectivity index (χ2n) is 8.20. The highest BCUT2D eigenvalue weighted by atomic mass is 16.5. The molecule has 0 saturated carbocycles. The Morgan fingerprint density at radius 2 is 1.50 bits per heavy atom. The van der Waals surface area contributed by atoms with Crippen molar-refractivity contribution in [2.75, 3.05) is 23.1 Å². The second-order valence-corrected chi connectivity index (χ2v) is 8.20. The summed E-state index contributed by atoms with van der Waals surface area (Å²) in [4.78, 5) is 21.7. The average molecular weight is 483 g/mol. The van der Waals surface area contributed by atoms with E-state index in [0.29, 0.717) is 18.2 Å². The summed E-state index contributed by atoms with van der Waals surface area (Å²) >= 11 is 0. The molecule has 0 aliphatic rings. The predicted octanol–water partition coefficient (Wildman–Crippen LogP) is 5.26. The van der Waals surface area contributed by atoms with Crippen LogP contribution in [0.1, 0.15) is 36.8 Å². The van der Waals surface area contributed by atoms with Gasteiger partial charge >= 0.3 is 0 Å². The zero-order chi connectivity index (χ0) is 25.2. The zero-order valence-corrected chi connectivity index (χ0v) is 20.1. The van der Waals surface area contributed by atoms with E-state index in [1.165, 1.54) is 6.33 Å². The van der Waals surface area contributed by atoms with Crippen molar-refractivity contribution in [3.63, 3.8) is 0 Å². The van der Waals surface area contributed by atoms with Gasteiger partial charge in [-0.15, -0.1) is 0 Å². The Morgan fingerprint density at radius 1 is 0.889 bits per heavy atom. The number of hydrazine groups is 1. The number of nitrogens with one attached hydrogen (secondary N) is 3. The summed E-state index contributed by atoms with van der Waals surface area (Å²) in [6, 6.07) is 26.8. The molecular formula is C28H30N6O2. The van der Waals surface area contributed by atoms with Crippen LogP contribution in [-0.2, 0) is 4.79 Å². The topological polar surface area (TPSA) is 114 Å². The lowest BCUT2D eigenvalue weighted by atomic mass is 9.91. The van der Waals surface area contributed by atoms with E-state index in [1.807, 2.05) is 84.9 Å². The summed E-state index contributed by atoms with van der Waals surface area (Å²) in [6.45, 7) is 2.82. The molecule has 0 atom stereocenters. The van der Waals surface area contributed by atoms with E-state index in [0.717, 1.165) is 35.4 Å². The number of hydrogen-bond acceptors (Lipinski definition) is 7. The molecule has 3 aromatic carbocycles. The molecule has 0 radical (unpaired) electrons. The molecule has 0 aliphatic heterocycles. The molecule has 1 heterocycles. The maximum Gasteiger partial charge on any atom is 0.250 e. The Hall–Kier alpha value is -4.59. The molecule has 0 fully saturated rings. The number of aromatic nitrogens is 2. The van der Waals surface area contributed by atoms with Crippen LogP contribution in [0.15, 0.2) is 91.3 Å². The summed E-state index contributed by atoms with van der Waals surface area (Å²) in [5.41, 5.74) is 14.7. The van der Waals surface area contributed by atoms with E-state index in [-0.39, 0.29) is 11.6 Å². The van der Waals surface area contributed by atoms with Gasteiger partial charge < -0.3 is 15.8 Å². The summed E-state index contributed by atoms with van der Waals surface area (Å²) < 4.78 is 5.70. The standard InChI is InChI=1S/C28H30N6O2/c1-2-3-18-36-23-16-14-22(15-17-23)32-26-25(29)27(31-19-30-26)33-34-28(35)24(20-10-6-4-7-11-20)21-12-8-5-9-13-21/h4-17,19,24H,2-3,18,29H2,1H3,(H,34,35)(H2,30,31,32,33). The van der Waals surface area contributed by atoms with Gasteiger partial charge in [0.1, 0.15) is 17.8 Å². The smallest absolute Gasteiger partial charge is 0.250 e. The minimum Gasteiger partial charge on any atom is -0.494 e. The largest absolute Gasteiger partial charge is 0.494 e. The van der Waals surface area contributed by atoms with E-state index >= 15 is 0 Å². The van der Waals surface area contributed by atoms with Crippen LogP contribution in [0.4, 0.5) is 23.0 Å². The molecule has 4 aromatic rings. The van der Waals surface area contributed by atoms with Gasteiger partial charge in [-0.05, 0) is 41.8 Å². The fourth-order valence-corrected chi connectivity index (χ4v) is 3.68. The number of nitrogens with zero attached hydrogens (tertiary/aromatic N) is 2. The van der Waals surface area contributed by atoms with E-state index in [9.17, 15) is 4.79 Å². The number of rotatable bonds is 11. The third-order valence-corrected chi connectivity index (χ3v) is 5.60. The summed E-state index contributed by atoms with van der Waals surface area (Å²) in [6.07, 6.45) is 3.48. The number of ether oxygens (including phenoxy) is 1. The number of carbonyl (C=O) groups excluding carboxylic acids is 1. The average Bonchev–Trinajstić information content (AvgIpc) is 2.92. The molecular weight excluding hydrogens is 452 g/mol. The van der Waals surface area contributed by atoms with Crippen molar-refractivity contribution in [2.24, 2.45) is 0 Å². The molecule has 1 aromatic heterocycles. The molecule has 1 amide bonds. The number of anilines is 4. The van der Waals surface area contributed by atoms with Crippen molar-refractivity contribution < 1.29 is 9.53 Å². The van der Waals surface area contributed by atoms with E-state index < -0.39 is 5.92 Å². The third-order valence-electron chi connectivity index (χ3n) is 5.60. The van der Waals surface area contributed by atoms with Crippen molar-refractivity contribution in [3.8, 4) is 5.75 Å². The van der Waals surface area contributed by atoms with Crippen molar-refractivity contribution in [2.45, 2.75) is 25.7 Å². The van der Waals surface area contributed by atoms with Gasteiger partial charge in [0.15, 0.2) is 11.6 Å². The van der Waals surface area contributed by atoms with Crippen molar-refractivity contribution in [1.29, 1.82) is 0 Å². The van der Waals surface area contributed by atoms with Gasteiger partial charge in [-0.3, -0.25) is 15.6 Å². The highest BCUT2D eigenvalue weighted by Gasteiger charge is 2.23.